The van der Waals surface area contributed by atoms with Crippen molar-refractivity contribution in [3.63, 3.8) is 0 Å². The topological polar surface area (TPSA) is 58.5 Å². The molecule has 0 aliphatic carbocycles. The molecule has 1 heterocycles. The lowest BCUT2D eigenvalue weighted by Crippen LogP contribution is -2.36. The van der Waals surface area contributed by atoms with Crippen LogP contribution in [-0.4, -0.2) is 18.0 Å². The Kier molecular flexibility index (Phi) is 7.27. The third kappa shape index (κ3) is 5.99. The zero-order valence-electron chi connectivity index (χ0n) is 15.7. The van der Waals surface area contributed by atoms with Gasteiger partial charge in [-0.25, -0.2) is 0 Å². The standard InChI is InChI=1S/C22H23ClN4O/c1-24-22(27-15-18-6-2-3-8-21(18)23)26-14-17-9-11-20(12-10-17)28-16-19-7-4-5-13-25-19/h2-13H,14-16H2,1H3,(H2,24,26,27). The van der Waals surface area contributed by atoms with E-state index < -0.39 is 0 Å². The van der Waals surface area contributed by atoms with Crippen molar-refractivity contribution in [3.8, 4) is 5.75 Å². The molecule has 1 aromatic heterocycles. The van der Waals surface area contributed by atoms with Crippen LogP contribution in [0.25, 0.3) is 0 Å². The van der Waals surface area contributed by atoms with E-state index in [1.54, 1.807) is 13.2 Å². The largest absolute Gasteiger partial charge is 0.487 e. The van der Waals surface area contributed by atoms with Crippen molar-refractivity contribution in [2.24, 2.45) is 4.99 Å². The van der Waals surface area contributed by atoms with Crippen molar-refractivity contribution >= 4 is 17.6 Å². The highest BCUT2D eigenvalue weighted by Gasteiger charge is 2.03. The third-order valence-corrected chi connectivity index (χ3v) is 4.49. The Labute approximate surface area is 170 Å². The minimum atomic E-state index is 0.455. The Morgan fingerprint density at radius 3 is 2.43 bits per heavy atom. The highest BCUT2D eigenvalue weighted by atomic mass is 35.5. The summed E-state index contributed by atoms with van der Waals surface area (Å²) >= 11 is 6.19. The molecule has 28 heavy (non-hydrogen) atoms. The van der Waals surface area contributed by atoms with Gasteiger partial charge in [0.15, 0.2) is 5.96 Å². The first-order valence-electron chi connectivity index (χ1n) is 9.04. The summed E-state index contributed by atoms with van der Waals surface area (Å²) in [5.41, 5.74) is 3.06. The maximum atomic E-state index is 6.19. The van der Waals surface area contributed by atoms with Crippen LogP contribution in [0.15, 0.2) is 77.9 Å². The molecular weight excluding hydrogens is 372 g/mol. The van der Waals surface area contributed by atoms with E-state index >= 15 is 0 Å². The van der Waals surface area contributed by atoms with E-state index in [9.17, 15) is 0 Å². The average Bonchev–Trinajstić information content (AvgIpc) is 2.75. The van der Waals surface area contributed by atoms with Crippen LogP contribution in [0, 0.1) is 0 Å². The van der Waals surface area contributed by atoms with Gasteiger partial charge in [0.05, 0.1) is 5.69 Å². The lowest BCUT2D eigenvalue weighted by Gasteiger charge is -2.13. The van der Waals surface area contributed by atoms with Gasteiger partial charge >= 0.3 is 0 Å². The molecule has 0 spiro atoms. The Balaban J connectivity index is 1.46. The van der Waals surface area contributed by atoms with Gasteiger partial charge in [0, 0.05) is 31.4 Å². The van der Waals surface area contributed by atoms with E-state index in [-0.39, 0.29) is 0 Å². The van der Waals surface area contributed by atoms with Crippen LogP contribution in [0.2, 0.25) is 5.02 Å². The highest BCUT2D eigenvalue weighted by Crippen LogP contribution is 2.15. The summed E-state index contributed by atoms with van der Waals surface area (Å²) in [6.45, 7) is 1.72. The van der Waals surface area contributed by atoms with Gasteiger partial charge in [-0.3, -0.25) is 9.98 Å². The van der Waals surface area contributed by atoms with Gasteiger partial charge in [-0.15, -0.1) is 0 Å². The molecule has 0 amide bonds. The lowest BCUT2D eigenvalue weighted by atomic mass is 10.2. The number of nitrogens with one attached hydrogen (secondary N) is 2. The fourth-order valence-electron chi connectivity index (χ4n) is 2.57. The highest BCUT2D eigenvalue weighted by molar-refractivity contribution is 6.31. The Hall–Kier alpha value is -3.05. The predicted octanol–water partition coefficient (Wildman–Crippen LogP) is 4.18. The number of rotatable bonds is 7. The third-order valence-electron chi connectivity index (χ3n) is 4.12. The summed E-state index contributed by atoms with van der Waals surface area (Å²) in [5, 5.41) is 7.31. The van der Waals surface area contributed by atoms with Gasteiger partial charge in [0.25, 0.3) is 0 Å². The van der Waals surface area contributed by atoms with Crippen LogP contribution < -0.4 is 15.4 Å². The molecule has 0 fully saturated rings. The zero-order chi connectivity index (χ0) is 19.6. The van der Waals surface area contributed by atoms with Crippen LogP contribution >= 0.6 is 11.6 Å². The first-order chi connectivity index (χ1) is 13.7. The molecule has 0 aliphatic rings. The lowest BCUT2D eigenvalue weighted by molar-refractivity contribution is 0.301. The van der Waals surface area contributed by atoms with Gasteiger partial charge in [0.1, 0.15) is 12.4 Å². The molecule has 0 atom stereocenters. The molecule has 6 heteroatoms. The molecule has 3 rings (SSSR count). The van der Waals surface area contributed by atoms with Gasteiger partial charge in [-0.1, -0.05) is 48.0 Å². The van der Waals surface area contributed by atoms with Crippen LogP contribution in [0.1, 0.15) is 16.8 Å². The number of pyridine rings is 1. The number of aromatic nitrogens is 1. The average molecular weight is 395 g/mol. The molecule has 144 valence electrons. The normalized spacial score (nSPS) is 11.1. The van der Waals surface area contributed by atoms with Crippen molar-refractivity contribution in [3.05, 3.63) is 94.8 Å². The van der Waals surface area contributed by atoms with E-state index in [0.29, 0.717) is 19.7 Å². The van der Waals surface area contributed by atoms with Crippen molar-refractivity contribution < 1.29 is 4.74 Å². The van der Waals surface area contributed by atoms with Gasteiger partial charge in [-0.05, 0) is 41.5 Å². The quantitative estimate of drug-likeness (QED) is 0.466. The summed E-state index contributed by atoms with van der Waals surface area (Å²) in [4.78, 5) is 8.50. The summed E-state index contributed by atoms with van der Waals surface area (Å²) in [6.07, 6.45) is 1.76. The number of hydrogen-bond donors (Lipinski definition) is 2. The minimum absolute atomic E-state index is 0.455. The van der Waals surface area contributed by atoms with Crippen molar-refractivity contribution in [2.45, 2.75) is 19.7 Å². The minimum Gasteiger partial charge on any atom is -0.487 e. The summed E-state index contributed by atoms with van der Waals surface area (Å²) in [6, 6.07) is 21.5. The van der Waals surface area contributed by atoms with Gasteiger partial charge < -0.3 is 15.4 Å². The smallest absolute Gasteiger partial charge is 0.191 e. The molecule has 0 aliphatic heterocycles. The predicted molar refractivity (Wildman–Crippen MR) is 114 cm³/mol. The number of guanidine groups is 1. The maximum absolute atomic E-state index is 6.19. The van der Waals surface area contributed by atoms with Gasteiger partial charge in [-0.2, -0.15) is 0 Å². The molecule has 5 nitrogen and oxygen atoms in total. The van der Waals surface area contributed by atoms with Crippen LogP contribution in [0.4, 0.5) is 0 Å². The number of ether oxygens (including phenoxy) is 1. The van der Waals surface area contributed by atoms with Crippen molar-refractivity contribution in [1.29, 1.82) is 0 Å². The second kappa shape index (κ2) is 10.3. The van der Waals surface area contributed by atoms with Crippen LogP contribution in [0.3, 0.4) is 0 Å². The number of hydrogen-bond acceptors (Lipinski definition) is 3. The van der Waals surface area contributed by atoms with E-state index in [4.69, 9.17) is 16.3 Å². The van der Waals surface area contributed by atoms with Crippen molar-refractivity contribution in [2.75, 3.05) is 7.05 Å². The molecule has 0 saturated carbocycles. The Morgan fingerprint density at radius 1 is 0.964 bits per heavy atom. The van der Waals surface area contributed by atoms with E-state index in [1.807, 2.05) is 66.7 Å². The number of halogens is 1. The molecule has 2 N–H and O–H groups in total. The number of benzene rings is 2. The summed E-state index contributed by atoms with van der Waals surface area (Å²) < 4.78 is 5.76. The first kappa shape index (κ1) is 19.7. The fraction of sp³-hybridized carbons (Fsp3) is 0.182. The molecule has 0 saturated heterocycles. The molecular formula is C22H23ClN4O. The first-order valence-corrected chi connectivity index (χ1v) is 9.42. The molecule has 0 unspecified atom stereocenters. The van der Waals surface area contributed by atoms with E-state index in [0.717, 1.165) is 33.6 Å². The number of nitrogens with zero attached hydrogens (tertiary/aromatic N) is 2. The second-order valence-corrected chi connectivity index (χ2v) is 6.53. The monoisotopic (exact) mass is 394 g/mol. The van der Waals surface area contributed by atoms with Crippen LogP contribution in [0.5, 0.6) is 5.75 Å². The van der Waals surface area contributed by atoms with E-state index in [2.05, 4.69) is 20.6 Å². The summed E-state index contributed by atoms with van der Waals surface area (Å²) in [5.74, 6) is 1.53. The zero-order valence-corrected chi connectivity index (χ0v) is 16.5. The second-order valence-electron chi connectivity index (χ2n) is 6.12. The van der Waals surface area contributed by atoms with E-state index in [1.165, 1.54) is 0 Å². The molecule has 3 aromatic rings. The Bertz CT molecular complexity index is 898. The SMILES string of the molecule is CN=C(NCc1ccc(OCc2ccccn2)cc1)NCc1ccccc1Cl. The maximum Gasteiger partial charge on any atom is 0.191 e. The van der Waals surface area contributed by atoms with Crippen molar-refractivity contribution in [1.82, 2.24) is 15.6 Å². The van der Waals surface area contributed by atoms with Crippen LogP contribution in [-0.2, 0) is 19.7 Å². The molecule has 2 aromatic carbocycles. The molecule has 0 bridgehead atoms. The van der Waals surface area contributed by atoms with Gasteiger partial charge in [0.2, 0.25) is 0 Å². The fourth-order valence-corrected chi connectivity index (χ4v) is 2.77. The molecule has 0 radical (unpaired) electrons. The summed E-state index contributed by atoms with van der Waals surface area (Å²) in [7, 11) is 1.75. The Morgan fingerprint density at radius 2 is 1.71 bits per heavy atom. The number of aliphatic imine (C=N–C) groups is 1.